The fourth-order valence-electron chi connectivity index (χ4n) is 3.63. The highest BCUT2D eigenvalue weighted by molar-refractivity contribution is 5.46. The van der Waals surface area contributed by atoms with Gasteiger partial charge in [-0.1, -0.05) is 91.0 Å². The summed E-state index contributed by atoms with van der Waals surface area (Å²) in [4.78, 5) is 17.7. The third-order valence-corrected chi connectivity index (χ3v) is 5.44. The third-order valence-electron chi connectivity index (χ3n) is 5.44. The first kappa shape index (κ1) is 23.6. The number of aliphatic hydroxyl groups is 2. The van der Waals surface area contributed by atoms with Gasteiger partial charge in [0.05, 0.1) is 12.1 Å². The molecule has 0 heterocycles. The average molecular weight is 435 g/mol. The highest BCUT2D eigenvalue weighted by atomic mass is 16.7. The summed E-state index contributed by atoms with van der Waals surface area (Å²) < 4.78 is 0. The first-order valence-electron chi connectivity index (χ1n) is 10.7. The Labute approximate surface area is 188 Å². The number of hydrogen-bond acceptors (Lipinski definition) is 5. The predicted octanol–water partition coefficient (Wildman–Crippen LogP) is 2.48. The molecule has 32 heavy (non-hydrogen) atoms. The average Bonchev–Trinajstić information content (AvgIpc) is 2.84. The van der Waals surface area contributed by atoms with Crippen molar-refractivity contribution in [1.29, 1.82) is 0 Å². The van der Waals surface area contributed by atoms with Crippen LogP contribution >= 0.6 is 0 Å². The lowest BCUT2D eigenvalue weighted by molar-refractivity contribution is -0.212. The lowest BCUT2D eigenvalue weighted by Crippen LogP contribution is -2.55. The highest BCUT2D eigenvalue weighted by Crippen LogP contribution is 2.18. The van der Waals surface area contributed by atoms with Crippen molar-refractivity contribution in [3.8, 4) is 0 Å². The minimum Gasteiger partial charge on any atom is -0.389 e. The number of nitrogens with zero attached hydrogens (tertiary/aromatic N) is 1. The summed E-state index contributed by atoms with van der Waals surface area (Å²) in [5, 5.41) is 23.0. The zero-order valence-electron chi connectivity index (χ0n) is 17.9. The number of carbonyl (C=O) groups is 1. The summed E-state index contributed by atoms with van der Waals surface area (Å²) in [6.07, 6.45) is -1.34. The molecule has 0 spiro atoms. The molecule has 4 N–H and O–H groups in total. The fourth-order valence-corrected chi connectivity index (χ4v) is 3.63. The second kappa shape index (κ2) is 12.1. The van der Waals surface area contributed by atoms with E-state index in [2.05, 4.69) is 0 Å². The molecule has 3 aromatic rings. The van der Waals surface area contributed by atoms with E-state index in [1.807, 2.05) is 91.0 Å². The van der Waals surface area contributed by atoms with Crippen LogP contribution in [0.4, 0.5) is 0 Å². The molecule has 0 aliphatic rings. The maximum absolute atomic E-state index is 11.9. The van der Waals surface area contributed by atoms with Gasteiger partial charge in [-0.05, 0) is 29.5 Å². The van der Waals surface area contributed by atoms with E-state index in [9.17, 15) is 15.0 Å². The summed E-state index contributed by atoms with van der Waals surface area (Å²) in [6, 6.07) is 26.9. The molecule has 0 bridgehead atoms. The SMILES string of the molecule is N[C@@H](Cc1ccccc1)[C@@H](O)[C@@H](O)[C@H](Cc1ccccc1)N(C=O)OCc1ccccc1. The Hall–Kier alpha value is -3.03. The number of carbonyl (C=O) groups excluding carboxylic acids is 1. The van der Waals surface area contributed by atoms with Crippen molar-refractivity contribution in [1.82, 2.24) is 5.06 Å². The molecule has 0 fully saturated rings. The van der Waals surface area contributed by atoms with Crippen LogP contribution in [0, 0.1) is 0 Å². The van der Waals surface area contributed by atoms with Crippen LogP contribution in [-0.4, -0.2) is 46.0 Å². The van der Waals surface area contributed by atoms with Crippen molar-refractivity contribution in [2.75, 3.05) is 0 Å². The van der Waals surface area contributed by atoms with Gasteiger partial charge in [-0.15, -0.1) is 0 Å². The summed E-state index contributed by atoms with van der Waals surface area (Å²) in [7, 11) is 0. The third kappa shape index (κ3) is 6.73. The van der Waals surface area contributed by atoms with E-state index >= 15 is 0 Å². The molecule has 3 rings (SSSR count). The molecule has 6 nitrogen and oxygen atoms in total. The number of hydrogen-bond donors (Lipinski definition) is 3. The molecule has 6 heteroatoms. The fraction of sp³-hybridized carbons (Fsp3) is 0.269. The van der Waals surface area contributed by atoms with Gasteiger partial charge in [0, 0.05) is 6.04 Å². The van der Waals surface area contributed by atoms with Crippen molar-refractivity contribution in [3.05, 3.63) is 108 Å². The van der Waals surface area contributed by atoms with Crippen molar-refractivity contribution >= 4 is 6.41 Å². The van der Waals surface area contributed by atoms with E-state index in [0.717, 1.165) is 21.8 Å². The molecule has 0 aromatic heterocycles. The van der Waals surface area contributed by atoms with Crippen LogP contribution < -0.4 is 5.73 Å². The van der Waals surface area contributed by atoms with E-state index in [4.69, 9.17) is 10.6 Å². The molecule has 0 radical (unpaired) electrons. The van der Waals surface area contributed by atoms with Gasteiger partial charge in [0.15, 0.2) is 0 Å². The summed E-state index contributed by atoms with van der Waals surface area (Å²) in [5.41, 5.74) is 8.97. The van der Waals surface area contributed by atoms with Gasteiger partial charge < -0.3 is 15.9 Å². The number of rotatable bonds is 12. The number of nitrogens with two attached hydrogens (primary N) is 1. The van der Waals surface area contributed by atoms with Crippen molar-refractivity contribution in [2.24, 2.45) is 5.73 Å². The van der Waals surface area contributed by atoms with Crippen molar-refractivity contribution in [3.63, 3.8) is 0 Å². The minimum absolute atomic E-state index is 0.157. The van der Waals surface area contributed by atoms with Gasteiger partial charge >= 0.3 is 0 Å². The number of aliphatic hydroxyl groups excluding tert-OH is 2. The minimum atomic E-state index is -1.31. The highest BCUT2D eigenvalue weighted by Gasteiger charge is 2.35. The van der Waals surface area contributed by atoms with Crippen LogP contribution in [0.25, 0.3) is 0 Å². The Morgan fingerprint density at radius 3 is 1.72 bits per heavy atom. The molecule has 0 saturated heterocycles. The van der Waals surface area contributed by atoms with Crippen LogP contribution in [0.1, 0.15) is 16.7 Å². The zero-order valence-corrected chi connectivity index (χ0v) is 17.9. The van der Waals surface area contributed by atoms with E-state index in [1.54, 1.807) is 0 Å². The topological polar surface area (TPSA) is 96.0 Å². The lowest BCUT2D eigenvalue weighted by atomic mass is 9.91. The second-order valence-corrected chi connectivity index (χ2v) is 7.82. The van der Waals surface area contributed by atoms with Crippen LogP contribution in [-0.2, 0) is 29.1 Å². The van der Waals surface area contributed by atoms with Gasteiger partial charge in [-0.2, -0.15) is 0 Å². The van der Waals surface area contributed by atoms with E-state index < -0.39 is 24.3 Å². The predicted molar refractivity (Wildman–Crippen MR) is 123 cm³/mol. The van der Waals surface area contributed by atoms with Crippen LogP contribution in [0.5, 0.6) is 0 Å². The van der Waals surface area contributed by atoms with E-state index in [1.165, 1.54) is 0 Å². The Kier molecular flexibility index (Phi) is 8.95. The molecular weight excluding hydrogens is 404 g/mol. The first-order chi connectivity index (χ1) is 15.6. The molecule has 4 atom stereocenters. The van der Waals surface area contributed by atoms with Gasteiger partial charge in [0.1, 0.15) is 12.7 Å². The summed E-state index contributed by atoms with van der Waals surface area (Å²) in [5.74, 6) is 0. The van der Waals surface area contributed by atoms with Crippen molar-refractivity contribution in [2.45, 2.75) is 43.7 Å². The molecular formula is C26H30N2O4. The number of hydroxylamine groups is 2. The first-order valence-corrected chi connectivity index (χ1v) is 10.7. The smallest absolute Gasteiger partial charge is 0.233 e. The van der Waals surface area contributed by atoms with Gasteiger partial charge in [-0.3, -0.25) is 9.63 Å². The zero-order chi connectivity index (χ0) is 22.8. The summed E-state index contributed by atoms with van der Waals surface area (Å²) >= 11 is 0. The van der Waals surface area contributed by atoms with Crippen molar-refractivity contribution < 1.29 is 19.8 Å². The molecule has 0 aliphatic carbocycles. The normalized spacial score (nSPS) is 14.8. The van der Waals surface area contributed by atoms with Crippen LogP contribution in [0.3, 0.4) is 0 Å². The Morgan fingerprint density at radius 2 is 1.22 bits per heavy atom. The van der Waals surface area contributed by atoms with E-state index in [-0.39, 0.29) is 6.61 Å². The standard InChI is InChI=1S/C26H30N2O4/c27-23(16-20-10-4-1-5-11-20)25(30)26(31)24(17-21-12-6-2-7-13-21)28(19-29)32-18-22-14-8-3-9-15-22/h1-15,19,23-26,30-31H,16-18,27H2/t23-,24-,25+,26-/m0/s1. The molecule has 168 valence electrons. The lowest BCUT2D eigenvalue weighted by Gasteiger charge is -2.35. The Balaban J connectivity index is 1.75. The summed E-state index contributed by atoms with van der Waals surface area (Å²) in [6.45, 7) is 0.157. The Morgan fingerprint density at radius 1 is 0.750 bits per heavy atom. The van der Waals surface area contributed by atoms with Gasteiger partial charge in [0.2, 0.25) is 6.41 Å². The Bertz CT molecular complexity index is 924. The number of benzene rings is 3. The number of amides is 1. The van der Waals surface area contributed by atoms with Crippen LogP contribution in [0.2, 0.25) is 0 Å². The van der Waals surface area contributed by atoms with Gasteiger partial charge in [-0.25, -0.2) is 5.06 Å². The monoisotopic (exact) mass is 434 g/mol. The molecule has 0 aliphatic heterocycles. The van der Waals surface area contributed by atoms with Crippen LogP contribution in [0.15, 0.2) is 91.0 Å². The molecule has 1 amide bonds. The quantitative estimate of drug-likeness (QED) is 0.301. The molecule has 0 saturated carbocycles. The molecule has 3 aromatic carbocycles. The van der Waals surface area contributed by atoms with Gasteiger partial charge in [0.25, 0.3) is 0 Å². The maximum atomic E-state index is 11.9. The second-order valence-electron chi connectivity index (χ2n) is 7.82. The molecule has 0 unspecified atom stereocenters. The largest absolute Gasteiger partial charge is 0.389 e. The maximum Gasteiger partial charge on any atom is 0.233 e. The van der Waals surface area contributed by atoms with E-state index in [0.29, 0.717) is 19.3 Å².